The van der Waals surface area contributed by atoms with Gasteiger partial charge in [0.1, 0.15) is 52.6 Å². The maximum atomic E-state index is 13.0. The Hall–Kier alpha value is -3.63. The highest BCUT2D eigenvalue weighted by molar-refractivity contribution is 5.86. The number of ether oxygens (including phenoxy) is 6. The topological polar surface area (TPSA) is 207 Å². The van der Waals surface area contributed by atoms with Crippen molar-refractivity contribution in [1.29, 1.82) is 0 Å². The number of hydrogen-bond acceptors (Lipinski definition) is 14. The number of benzene rings is 2. The maximum Gasteiger partial charge on any atom is 0.229 e. The molecule has 252 valence electrons. The maximum absolute atomic E-state index is 13.0. The van der Waals surface area contributed by atoms with E-state index in [0.717, 1.165) is 12.1 Å². The minimum Gasteiger partial charge on any atom is -0.507 e. The van der Waals surface area contributed by atoms with Crippen LogP contribution in [0.4, 0.5) is 0 Å². The van der Waals surface area contributed by atoms with E-state index in [4.69, 9.17) is 32.8 Å². The Morgan fingerprint density at radius 1 is 0.826 bits per heavy atom. The smallest absolute Gasteiger partial charge is 0.229 e. The Morgan fingerprint density at radius 3 is 2.09 bits per heavy atom. The Kier molecular flexibility index (Phi) is 9.98. The van der Waals surface area contributed by atoms with Gasteiger partial charge in [0.05, 0.1) is 33.0 Å². The summed E-state index contributed by atoms with van der Waals surface area (Å²) in [5, 5.41) is 63.5. The lowest BCUT2D eigenvalue weighted by Crippen LogP contribution is -2.62. The summed E-state index contributed by atoms with van der Waals surface area (Å²) in [4.78, 5) is 13.0. The number of phenolic OH excluding ortho intramolecular Hbond substituents is 2. The van der Waals surface area contributed by atoms with Crippen LogP contribution in [0.2, 0.25) is 0 Å². The summed E-state index contributed by atoms with van der Waals surface area (Å²) >= 11 is 0. The SMILES string of the molecule is CC[C@H]1O[C@@H](O[C@H]2[C@H](O)[C@@H](O)[C@H](Oc3cc(O)c4c(=O)cc(-c5cc(OC)c(O)c(OC)c5)oc4c3)O[C@@H]2CO)[C@H](C)[C@@H](C)[C@H]1O. The van der Waals surface area contributed by atoms with Crippen molar-refractivity contribution in [3.63, 3.8) is 0 Å². The number of phenols is 2. The van der Waals surface area contributed by atoms with E-state index < -0.39 is 67.0 Å². The first kappa shape index (κ1) is 33.7. The van der Waals surface area contributed by atoms with Gasteiger partial charge >= 0.3 is 0 Å². The van der Waals surface area contributed by atoms with E-state index in [-0.39, 0.29) is 51.6 Å². The molecule has 2 saturated heterocycles. The lowest BCUT2D eigenvalue weighted by atomic mass is 9.84. The number of aromatic hydroxyl groups is 2. The number of rotatable bonds is 9. The molecule has 10 atom stereocenters. The zero-order valence-corrected chi connectivity index (χ0v) is 26.0. The summed E-state index contributed by atoms with van der Waals surface area (Å²) < 4.78 is 39.9. The minimum absolute atomic E-state index is 0.0571. The van der Waals surface area contributed by atoms with Gasteiger partial charge in [0.15, 0.2) is 23.2 Å². The lowest BCUT2D eigenvalue weighted by Gasteiger charge is -2.47. The Balaban J connectivity index is 1.40. The third kappa shape index (κ3) is 6.21. The first-order chi connectivity index (χ1) is 21.9. The number of aliphatic hydroxyl groups excluding tert-OH is 4. The number of aliphatic hydroxyl groups is 4. The summed E-state index contributed by atoms with van der Waals surface area (Å²) in [5.41, 5.74) is -0.338. The van der Waals surface area contributed by atoms with Crippen molar-refractivity contribution in [3.05, 3.63) is 40.6 Å². The third-order valence-corrected chi connectivity index (χ3v) is 8.80. The molecule has 6 N–H and O–H groups in total. The summed E-state index contributed by atoms with van der Waals surface area (Å²) in [6, 6.07) is 6.45. The van der Waals surface area contributed by atoms with Crippen molar-refractivity contribution in [2.24, 2.45) is 11.8 Å². The number of methoxy groups -OCH3 is 2. The van der Waals surface area contributed by atoms with Crippen molar-refractivity contribution >= 4 is 11.0 Å². The molecular weight excluding hydrogens is 608 g/mol. The molecule has 1 aromatic heterocycles. The molecule has 0 amide bonds. The van der Waals surface area contributed by atoms with Crippen LogP contribution in [0.3, 0.4) is 0 Å². The molecule has 0 spiro atoms. The van der Waals surface area contributed by atoms with Gasteiger partial charge in [-0.1, -0.05) is 20.8 Å². The highest BCUT2D eigenvalue weighted by Gasteiger charge is 2.49. The van der Waals surface area contributed by atoms with E-state index in [0.29, 0.717) is 12.0 Å². The third-order valence-electron chi connectivity index (χ3n) is 8.80. The molecule has 0 unspecified atom stereocenters. The standard InChI is InChI=1S/C32H40O14/c1-6-19-26(36)13(2)14(3)31(44-19)46-30-24(12-33)45-32(29(39)28(30)38)42-16-9-17(34)25-18(35)11-20(43-21(25)10-16)15-7-22(40-4)27(37)23(8-15)41-5/h7-11,13-14,19,24,26,28-34,36-39H,6,12H2,1-5H3/t13-,14-,19-,24-,26-,28-,29-,30-,31+,32-/m1/s1. The Labute approximate surface area is 264 Å². The van der Waals surface area contributed by atoms with Crippen molar-refractivity contribution in [1.82, 2.24) is 0 Å². The molecular formula is C32H40O14. The fourth-order valence-corrected chi connectivity index (χ4v) is 5.86. The fourth-order valence-electron chi connectivity index (χ4n) is 5.86. The summed E-state index contributed by atoms with van der Waals surface area (Å²) in [5.74, 6) is -1.07. The highest BCUT2D eigenvalue weighted by Crippen LogP contribution is 2.41. The van der Waals surface area contributed by atoms with Gasteiger partial charge in [-0.05, 0) is 24.5 Å². The van der Waals surface area contributed by atoms with Crippen LogP contribution >= 0.6 is 0 Å². The molecule has 0 saturated carbocycles. The molecule has 14 heteroatoms. The van der Waals surface area contributed by atoms with E-state index in [2.05, 4.69) is 0 Å². The van der Waals surface area contributed by atoms with Crippen molar-refractivity contribution in [2.45, 2.75) is 76.4 Å². The molecule has 3 aromatic rings. The van der Waals surface area contributed by atoms with Crippen molar-refractivity contribution < 1.29 is 63.5 Å². The van der Waals surface area contributed by atoms with Crippen LogP contribution in [0.15, 0.2) is 39.5 Å². The van der Waals surface area contributed by atoms with Gasteiger partial charge in [-0.15, -0.1) is 0 Å². The molecule has 0 aliphatic carbocycles. The van der Waals surface area contributed by atoms with Gasteiger partial charge in [-0.2, -0.15) is 0 Å². The fraction of sp³-hybridized carbons (Fsp3) is 0.531. The second-order valence-corrected chi connectivity index (χ2v) is 11.6. The molecule has 3 heterocycles. The van der Waals surface area contributed by atoms with E-state index in [9.17, 15) is 35.4 Å². The zero-order chi connectivity index (χ0) is 33.4. The minimum atomic E-state index is -1.68. The number of hydrogen-bond donors (Lipinski definition) is 6. The van der Waals surface area contributed by atoms with Crippen LogP contribution in [0, 0.1) is 11.8 Å². The van der Waals surface area contributed by atoms with Gasteiger partial charge < -0.3 is 63.5 Å². The zero-order valence-electron chi connectivity index (χ0n) is 26.0. The van der Waals surface area contributed by atoms with Crippen LogP contribution in [0.25, 0.3) is 22.3 Å². The van der Waals surface area contributed by atoms with Crippen molar-refractivity contribution in [2.75, 3.05) is 20.8 Å². The quantitative estimate of drug-likeness (QED) is 0.196. The van der Waals surface area contributed by atoms with Crippen molar-refractivity contribution in [3.8, 4) is 40.1 Å². The average molecular weight is 649 g/mol. The lowest BCUT2D eigenvalue weighted by molar-refractivity contribution is -0.338. The number of fused-ring (bicyclic) bond motifs is 1. The van der Waals surface area contributed by atoms with Gasteiger partial charge in [-0.25, -0.2) is 0 Å². The van der Waals surface area contributed by atoms with Crippen LogP contribution in [-0.2, 0) is 14.2 Å². The van der Waals surface area contributed by atoms with Crippen LogP contribution in [-0.4, -0.2) is 101 Å². The normalized spacial score (nSPS) is 31.5. The van der Waals surface area contributed by atoms with E-state index in [1.807, 2.05) is 20.8 Å². The average Bonchev–Trinajstić information content (AvgIpc) is 3.04. The van der Waals surface area contributed by atoms with Crippen LogP contribution < -0.4 is 19.6 Å². The molecule has 2 fully saturated rings. The van der Waals surface area contributed by atoms with Gasteiger partial charge in [0.25, 0.3) is 0 Å². The van der Waals surface area contributed by atoms with Crippen LogP contribution in [0.5, 0.6) is 28.7 Å². The predicted octanol–water partition coefficient (Wildman–Crippen LogP) is 1.86. The molecule has 2 aliphatic heterocycles. The Bertz CT molecular complexity index is 1560. The van der Waals surface area contributed by atoms with E-state index >= 15 is 0 Å². The van der Waals surface area contributed by atoms with Gasteiger partial charge in [0, 0.05) is 29.7 Å². The second-order valence-electron chi connectivity index (χ2n) is 11.6. The van der Waals surface area contributed by atoms with Gasteiger partial charge in [0.2, 0.25) is 12.0 Å². The Morgan fingerprint density at radius 2 is 1.48 bits per heavy atom. The second kappa shape index (κ2) is 13.6. The summed E-state index contributed by atoms with van der Waals surface area (Å²) in [6.07, 6.45) is -8.68. The first-order valence-electron chi connectivity index (χ1n) is 15.0. The van der Waals surface area contributed by atoms with Gasteiger partial charge in [-0.3, -0.25) is 4.79 Å². The highest BCUT2D eigenvalue weighted by atomic mass is 16.7. The largest absolute Gasteiger partial charge is 0.507 e. The van der Waals surface area contributed by atoms with E-state index in [1.54, 1.807) is 0 Å². The molecule has 2 aromatic carbocycles. The molecule has 0 bridgehead atoms. The van der Waals surface area contributed by atoms with E-state index in [1.165, 1.54) is 32.4 Å². The molecule has 2 aliphatic rings. The first-order valence-corrected chi connectivity index (χ1v) is 15.0. The molecule has 5 rings (SSSR count). The molecule has 14 nitrogen and oxygen atoms in total. The monoisotopic (exact) mass is 648 g/mol. The summed E-state index contributed by atoms with van der Waals surface area (Å²) in [7, 11) is 2.70. The molecule has 46 heavy (non-hydrogen) atoms. The molecule has 0 radical (unpaired) electrons. The predicted molar refractivity (Wildman–Crippen MR) is 161 cm³/mol. The van der Waals surface area contributed by atoms with Crippen LogP contribution in [0.1, 0.15) is 27.2 Å². The summed E-state index contributed by atoms with van der Waals surface area (Å²) in [6.45, 7) is 4.97.